The van der Waals surface area contributed by atoms with Gasteiger partial charge in [0.25, 0.3) is 0 Å². The van der Waals surface area contributed by atoms with Crippen molar-refractivity contribution in [3.8, 4) is 0 Å². The summed E-state index contributed by atoms with van der Waals surface area (Å²) in [5.41, 5.74) is -0.0308. The third-order valence-corrected chi connectivity index (χ3v) is 3.24. The molecule has 0 bridgehead atoms. The molecule has 17 heavy (non-hydrogen) atoms. The molecule has 96 valence electrons. The van der Waals surface area contributed by atoms with Crippen LogP contribution in [0.5, 0.6) is 0 Å². The molecule has 0 unspecified atom stereocenters. The van der Waals surface area contributed by atoms with Crippen LogP contribution < -0.4 is 0 Å². The highest BCUT2D eigenvalue weighted by molar-refractivity contribution is 4.99. The first-order chi connectivity index (χ1) is 7.95. The largest absolute Gasteiger partial charge is 0.338 e. The Morgan fingerprint density at radius 3 is 2.76 bits per heavy atom. The molecule has 1 aromatic heterocycles. The average Bonchev–Trinajstić information content (AvgIpc) is 2.65. The Kier molecular flexibility index (Phi) is 3.52. The molecule has 4 nitrogen and oxygen atoms in total. The van der Waals surface area contributed by atoms with Crippen molar-refractivity contribution in [3.05, 3.63) is 11.7 Å². The Balaban J connectivity index is 1.97. The number of rotatable bonds is 2. The van der Waals surface area contributed by atoms with Crippen molar-refractivity contribution in [3.63, 3.8) is 0 Å². The number of likely N-dealkylation sites (tertiary alicyclic amines) is 1. The fraction of sp³-hybridized carbons (Fsp3) is 0.846. The lowest BCUT2D eigenvalue weighted by molar-refractivity contribution is 0.157. The number of piperidine rings is 1. The van der Waals surface area contributed by atoms with Gasteiger partial charge >= 0.3 is 0 Å². The molecular formula is C13H23N3O. The third kappa shape index (κ3) is 3.28. The maximum atomic E-state index is 5.33. The topological polar surface area (TPSA) is 42.2 Å². The highest BCUT2D eigenvalue weighted by atomic mass is 16.5. The van der Waals surface area contributed by atoms with Gasteiger partial charge in [0.05, 0.1) is 6.54 Å². The molecule has 0 amide bonds. The molecule has 0 N–H and O–H groups in total. The first-order valence-electron chi connectivity index (χ1n) is 6.50. The number of hydrogen-bond acceptors (Lipinski definition) is 4. The van der Waals surface area contributed by atoms with Crippen LogP contribution in [0.25, 0.3) is 0 Å². The van der Waals surface area contributed by atoms with Crippen molar-refractivity contribution >= 4 is 0 Å². The van der Waals surface area contributed by atoms with Crippen LogP contribution in [-0.4, -0.2) is 28.1 Å². The van der Waals surface area contributed by atoms with Crippen LogP contribution in [0, 0.1) is 5.92 Å². The molecule has 1 aliphatic heterocycles. The quantitative estimate of drug-likeness (QED) is 0.793. The first kappa shape index (κ1) is 12.6. The molecule has 1 fully saturated rings. The monoisotopic (exact) mass is 237 g/mol. The third-order valence-electron chi connectivity index (χ3n) is 3.24. The van der Waals surface area contributed by atoms with Crippen molar-refractivity contribution in [2.24, 2.45) is 5.92 Å². The van der Waals surface area contributed by atoms with E-state index in [0.717, 1.165) is 37.3 Å². The minimum Gasteiger partial charge on any atom is -0.338 e. The van der Waals surface area contributed by atoms with E-state index < -0.39 is 0 Å². The van der Waals surface area contributed by atoms with Crippen LogP contribution >= 0.6 is 0 Å². The zero-order valence-corrected chi connectivity index (χ0v) is 11.4. The van der Waals surface area contributed by atoms with Gasteiger partial charge in [-0.1, -0.05) is 32.9 Å². The summed E-state index contributed by atoms with van der Waals surface area (Å²) < 4.78 is 5.33. The molecule has 1 saturated heterocycles. The number of aromatic nitrogens is 2. The minimum absolute atomic E-state index is 0.0308. The normalized spacial score (nSPS) is 22.9. The zero-order chi connectivity index (χ0) is 12.5. The fourth-order valence-corrected chi connectivity index (χ4v) is 2.25. The SMILES string of the molecule is C[C@H]1CCCN(Cc2nc(C(C)(C)C)no2)C1. The predicted molar refractivity (Wildman–Crippen MR) is 66.7 cm³/mol. The maximum Gasteiger partial charge on any atom is 0.240 e. The van der Waals surface area contributed by atoms with Gasteiger partial charge in [0, 0.05) is 12.0 Å². The van der Waals surface area contributed by atoms with E-state index in [1.165, 1.54) is 12.8 Å². The standard InChI is InChI=1S/C13H23N3O/c1-10-6-5-7-16(8-10)9-11-14-12(15-17-11)13(2,3)4/h10H,5-9H2,1-4H3/t10-/m0/s1. The Bertz CT molecular complexity index is 367. The lowest BCUT2D eigenvalue weighted by Crippen LogP contribution is -2.33. The predicted octanol–water partition coefficient (Wildman–Crippen LogP) is 2.60. The Morgan fingerprint density at radius 2 is 2.18 bits per heavy atom. The summed E-state index contributed by atoms with van der Waals surface area (Å²) in [6.45, 7) is 11.7. The molecule has 0 radical (unpaired) electrons. The average molecular weight is 237 g/mol. The van der Waals surface area contributed by atoms with Crippen molar-refractivity contribution in [1.82, 2.24) is 15.0 Å². The van der Waals surface area contributed by atoms with E-state index in [1.54, 1.807) is 0 Å². The fourth-order valence-electron chi connectivity index (χ4n) is 2.25. The van der Waals surface area contributed by atoms with Gasteiger partial charge in [-0.25, -0.2) is 0 Å². The van der Waals surface area contributed by atoms with E-state index >= 15 is 0 Å². The molecule has 1 aromatic rings. The second-order valence-corrected chi connectivity index (χ2v) is 6.24. The molecule has 1 atom stereocenters. The zero-order valence-electron chi connectivity index (χ0n) is 11.4. The molecule has 1 aliphatic rings. The van der Waals surface area contributed by atoms with Crippen molar-refractivity contribution in [2.45, 2.75) is 52.5 Å². The van der Waals surface area contributed by atoms with Gasteiger partial charge in [-0.05, 0) is 25.3 Å². The van der Waals surface area contributed by atoms with Crippen molar-refractivity contribution in [1.29, 1.82) is 0 Å². The van der Waals surface area contributed by atoms with Crippen LogP contribution in [0.4, 0.5) is 0 Å². The summed E-state index contributed by atoms with van der Waals surface area (Å²) in [5, 5.41) is 4.06. The van der Waals surface area contributed by atoms with Gasteiger partial charge in [-0.2, -0.15) is 4.98 Å². The molecule has 0 spiro atoms. The lowest BCUT2D eigenvalue weighted by Gasteiger charge is -2.29. The van der Waals surface area contributed by atoms with Gasteiger partial charge in [0.1, 0.15) is 0 Å². The minimum atomic E-state index is -0.0308. The van der Waals surface area contributed by atoms with E-state index in [4.69, 9.17) is 4.52 Å². The highest BCUT2D eigenvalue weighted by Crippen LogP contribution is 2.20. The maximum absolute atomic E-state index is 5.33. The van der Waals surface area contributed by atoms with Crippen molar-refractivity contribution in [2.75, 3.05) is 13.1 Å². The van der Waals surface area contributed by atoms with E-state index in [2.05, 4.69) is 42.7 Å². The Hall–Kier alpha value is -0.900. The summed E-state index contributed by atoms with van der Waals surface area (Å²) >= 11 is 0. The molecule has 0 saturated carbocycles. The summed E-state index contributed by atoms with van der Waals surface area (Å²) in [4.78, 5) is 6.89. The van der Waals surface area contributed by atoms with E-state index in [0.29, 0.717) is 0 Å². The van der Waals surface area contributed by atoms with Crippen LogP contribution in [0.1, 0.15) is 52.3 Å². The molecule has 0 aromatic carbocycles. The van der Waals surface area contributed by atoms with Crippen LogP contribution in [0.2, 0.25) is 0 Å². The molecular weight excluding hydrogens is 214 g/mol. The highest BCUT2D eigenvalue weighted by Gasteiger charge is 2.23. The number of nitrogens with zero attached hydrogens (tertiary/aromatic N) is 3. The molecule has 2 rings (SSSR count). The van der Waals surface area contributed by atoms with E-state index in [9.17, 15) is 0 Å². The van der Waals surface area contributed by atoms with E-state index in [-0.39, 0.29) is 5.41 Å². The van der Waals surface area contributed by atoms with Crippen LogP contribution in [0.15, 0.2) is 4.52 Å². The van der Waals surface area contributed by atoms with Gasteiger partial charge < -0.3 is 4.52 Å². The molecule has 2 heterocycles. The lowest BCUT2D eigenvalue weighted by atomic mass is 9.96. The van der Waals surface area contributed by atoms with Gasteiger partial charge in [0.15, 0.2) is 5.82 Å². The summed E-state index contributed by atoms with van der Waals surface area (Å²) in [6.07, 6.45) is 2.62. The Morgan fingerprint density at radius 1 is 1.41 bits per heavy atom. The van der Waals surface area contributed by atoms with Gasteiger partial charge in [-0.15, -0.1) is 0 Å². The summed E-state index contributed by atoms with van der Waals surface area (Å²) in [6, 6.07) is 0. The van der Waals surface area contributed by atoms with E-state index in [1.807, 2.05) is 0 Å². The molecule has 0 aliphatic carbocycles. The van der Waals surface area contributed by atoms with Gasteiger partial charge in [-0.3, -0.25) is 4.90 Å². The summed E-state index contributed by atoms with van der Waals surface area (Å²) in [5.74, 6) is 2.34. The first-order valence-corrected chi connectivity index (χ1v) is 6.50. The second kappa shape index (κ2) is 4.77. The van der Waals surface area contributed by atoms with Crippen molar-refractivity contribution < 1.29 is 4.52 Å². The summed E-state index contributed by atoms with van der Waals surface area (Å²) in [7, 11) is 0. The van der Waals surface area contributed by atoms with Gasteiger partial charge in [0.2, 0.25) is 5.89 Å². The second-order valence-electron chi connectivity index (χ2n) is 6.24. The Labute approximate surface area is 103 Å². The van der Waals surface area contributed by atoms with Crippen LogP contribution in [0.3, 0.4) is 0 Å². The molecule has 4 heteroatoms. The smallest absolute Gasteiger partial charge is 0.240 e. The number of hydrogen-bond donors (Lipinski definition) is 0. The van der Waals surface area contributed by atoms with Crippen LogP contribution in [-0.2, 0) is 12.0 Å².